The molecule has 2 unspecified atom stereocenters. The van der Waals surface area contributed by atoms with Crippen molar-refractivity contribution in [3.8, 4) is 5.82 Å². The molecule has 0 radical (unpaired) electrons. The monoisotopic (exact) mass is 312 g/mol. The molecule has 23 heavy (non-hydrogen) atoms. The third-order valence-electron chi connectivity index (χ3n) is 4.51. The first kappa shape index (κ1) is 15.7. The second kappa shape index (κ2) is 6.54. The number of hydrogen-bond donors (Lipinski definition) is 2. The average Bonchev–Trinajstić information content (AvgIpc) is 2.83. The van der Waals surface area contributed by atoms with Crippen LogP contribution in [0.3, 0.4) is 0 Å². The molecular weight excluding hydrogens is 288 g/mol. The predicted molar refractivity (Wildman–Crippen MR) is 91.0 cm³/mol. The molecule has 3 heterocycles. The fraction of sp³-hybridized carbons (Fsp3) is 0.444. The van der Waals surface area contributed by atoms with Crippen molar-refractivity contribution in [2.24, 2.45) is 0 Å². The van der Waals surface area contributed by atoms with Gasteiger partial charge >= 0.3 is 0 Å². The summed E-state index contributed by atoms with van der Waals surface area (Å²) < 4.78 is 2.03. The number of piperidine rings is 1. The van der Waals surface area contributed by atoms with E-state index < -0.39 is 0 Å². The van der Waals surface area contributed by atoms with Crippen molar-refractivity contribution in [1.29, 1.82) is 0 Å². The van der Waals surface area contributed by atoms with E-state index in [1.807, 2.05) is 42.7 Å². The minimum atomic E-state index is 0.0133. The molecule has 5 heteroatoms. The lowest BCUT2D eigenvalue weighted by Gasteiger charge is -2.28. The lowest BCUT2D eigenvalue weighted by atomic mass is 10.0. The maximum atomic E-state index is 12.7. The van der Waals surface area contributed by atoms with Crippen LogP contribution in [-0.4, -0.2) is 34.1 Å². The van der Waals surface area contributed by atoms with Gasteiger partial charge in [-0.05, 0) is 58.4 Å². The third kappa shape index (κ3) is 3.29. The van der Waals surface area contributed by atoms with Crippen molar-refractivity contribution in [3.05, 3.63) is 47.4 Å². The number of carbonyl (C=O) groups excluding carboxylic acids is 1. The Bertz CT molecular complexity index is 693. The van der Waals surface area contributed by atoms with Gasteiger partial charge in [-0.3, -0.25) is 4.79 Å². The van der Waals surface area contributed by atoms with Crippen LogP contribution in [0.4, 0.5) is 0 Å². The molecule has 2 N–H and O–H groups in total. The molecule has 1 aliphatic rings. The highest BCUT2D eigenvalue weighted by molar-refractivity contribution is 5.96. The van der Waals surface area contributed by atoms with Crippen molar-refractivity contribution in [2.45, 2.75) is 45.7 Å². The first-order valence-corrected chi connectivity index (χ1v) is 8.21. The fourth-order valence-corrected chi connectivity index (χ4v) is 3.36. The van der Waals surface area contributed by atoms with Crippen LogP contribution in [0.5, 0.6) is 0 Å². The van der Waals surface area contributed by atoms with E-state index >= 15 is 0 Å². The van der Waals surface area contributed by atoms with E-state index in [9.17, 15) is 4.79 Å². The number of aromatic nitrogens is 2. The molecule has 2 atom stereocenters. The first-order valence-electron chi connectivity index (χ1n) is 8.21. The van der Waals surface area contributed by atoms with E-state index in [1.165, 1.54) is 0 Å². The Labute approximate surface area is 137 Å². The van der Waals surface area contributed by atoms with E-state index in [1.54, 1.807) is 6.20 Å². The maximum absolute atomic E-state index is 12.7. The van der Waals surface area contributed by atoms with Crippen LogP contribution in [0.15, 0.2) is 30.5 Å². The van der Waals surface area contributed by atoms with Crippen LogP contribution >= 0.6 is 0 Å². The molecule has 1 amide bonds. The first-order chi connectivity index (χ1) is 11.1. The van der Waals surface area contributed by atoms with Crippen LogP contribution in [0.2, 0.25) is 0 Å². The molecule has 2 aromatic rings. The number of nitrogens with zero attached hydrogens (tertiary/aromatic N) is 2. The van der Waals surface area contributed by atoms with Gasteiger partial charge in [0.1, 0.15) is 5.82 Å². The molecule has 1 saturated heterocycles. The van der Waals surface area contributed by atoms with Gasteiger partial charge in [-0.1, -0.05) is 6.07 Å². The fourth-order valence-electron chi connectivity index (χ4n) is 3.36. The molecule has 0 aromatic carbocycles. The second-order valence-electron chi connectivity index (χ2n) is 6.36. The normalized spacial score (nSPS) is 21.2. The van der Waals surface area contributed by atoms with Crippen molar-refractivity contribution in [3.63, 3.8) is 0 Å². The standard InChI is InChI=1S/C18H24N4O/c1-12-10-15(7-9-19-12)21-18(23)16-11-13(2)22(14(16)3)17-6-4-5-8-20-17/h4-6,8,11-12,15,19H,7,9-10H2,1-3H3,(H,21,23). The minimum absolute atomic E-state index is 0.0133. The molecular formula is C18H24N4O. The Morgan fingerprint density at radius 1 is 1.39 bits per heavy atom. The second-order valence-corrected chi connectivity index (χ2v) is 6.36. The lowest BCUT2D eigenvalue weighted by molar-refractivity contribution is 0.0925. The number of carbonyl (C=O) groups is 1. The van der Waals surface area contributed by atoms with E-state index in [-0.39, 0.29) is 11.9 Å². The highest BCUT2D eigenvalue weighted by Crippen LogP contribution is 2.20. The Hall–Kier alpha value is -2.14. The number of nitrogens with one attached hydrogen (secondary N) is 2. The van der Waals surface area contributed by atoms with E-state index in [2.05, 4.69) is 22.5 Å². The zero-order valence-corrected chi connectivity index (χ0v) is 14.0. The van der Waals surface area contributed by atoms with Crippen LogP contribution < -0.4 is 10.6 Å². The smallest absolute Gasteiger partial charge is 0.253 e. The molecule has 0 spiro atoms. The molecule has 5 nitrogen and oxygen atoms in total. The van der Waals surface area contributed by atoms with Gasteiger partial charge in [0.25, 0.3) is 5.91 Å². The lowest BCUT2D eigenvalue weighted by Crippen LogP contribution is -2.46. The summed E-state index contributed by atoms with van der Waals surface area (Å²) in [7, 11) is 0. The van der Waals surface area contributed by atoms with E-state index in [0.29, 0.717) is 6.04 Å². The number of hydrogen-bond acceptors (Lipinski definition) is 3. The summed E-state index contributed by atoms with van der Waals surface area (Å²) in [6, 6.07) is 8.45. The Morgan fingerprint density at radius 3 is 2.91 bits per heavy atom. The molecule has 3 rings (SSSR count). The summed E-state index contributed by atoms with van der Waals surface area (Å²) in [6.07, 6.45) is 3.73. The predicted octanol–water partition coefficient (Wildman–Crippen LogP) is 2.36. The number of amides is 1. The third-order valence-corrected chi connectivity index (χ3v) is 4.51. The topological polar surface area (TPSA) is 59.0 Å². The van der Waals surface area contributed by atoms with Crippen molar-refractivity contribution < 1.29 is 4.79 Å². The van der Waals surface area contributed by atoms with Gasteiger partial charge in [0, 0.05) is 29.7 Å². The maximum Gasteiger partial charge on any atom is 0.253 e. The number of rotatable bonds is 3. The Kier molecular flexibility index (Phi) is 4.48. The summed E-state index contributed by atoms with van der Waals surface area (Å²) in [6.45, 7) is 7.09. The van der Waals surface area contributed by atoms with Crippen molar-refractivity contribution >= 4 is 5.91 Å². The molecule has 1 aliphatic heterocycles. The highest BCUT2D eigenvalue weighted by atomic mass is 16.1. The minimum Gasteiger partial charge on any atom is -0.349 e. The summed E-state index contributed by atoms with van der Waals surface area (Å²) in [4.78, 5) is 17.1. The van der Waals surface area contributed by atoms with Gasteiger partial charge in [-0.15, -0.1) is 0 Å². The van der Waals surface area contributed by atoms with Gasteiger partial charge in [0.2, 0.25) is 0 Å². The van der Waals surface area contributed by atoms with Crippen LogP contribution in [0.25, 0.3) is 5.82 Å². The highest BCUT2D eigenvalue weighted by Gasteiger charge is 2.23. The summed E-state index contributed by atoms with van der Waals surface area (Å²) in [5, 5.41) is 6.59. The van der Waals surface area contributed by atoms with Gasteiger partial charge in [0.15, 0.2) is 0 Å². The molecule has 0 saturated carbocycles. The molecule has 0 bridgehead atoms. The zero-order valence-electron chi connectivity index (χ0n) is 14.0. The zero-order chi connectivity index (χ0) is 16.4. The van der Waals surface area contributed by atoms with Gasteiger partial charge in [0.05, 0.1) is 5.56 Å². The van der Waals surface area contributed by atoms with E-state index in [4.69, 9.17) is 0 Å². The van der Waals surface area contributed by atoms with Gasteiger partial charge < -0.3 is 15.2 Å². The Morgan fingerprint density at radius 2 is 2.22 bits per heavy atom. The van der Waals surface area contributed by atoms with Gasteiger partial charge in [-0.2, -0.15) is 0 Å². The molecule has 2 aromatic heterocycles. The Balaban J connectivity index is 1.82. The van der Waals surface area contributed by atoms with Crippen LogP contribution in [-0.2, 0) is 0 Å². The van der Waals surface area contributed by atoms with Crippen molar-refractivity contribution in [2.75, 3.05) is 6.54 Å². The molecule has 0 aliphatic carbocycles. The largest absolute Gasteiger partial charge is 0.349 e. The van der Waals surface area contributed by atoms with Crippen molar-refractivity contribution in [1.82, 2.24) is 20.2 Å². The SMILES string of the molecule is Cc1cc(C(=O)NC2CCNC(C)C2)c(C)n1-c1ccccn1. The van der Waals surface area contributed by atoms with Gasteiger partial charge in [-0.25, -0.2) is 4.98 Å². The van der Waals surface area contributed by atoms with E-state index in [0.717, 1.165) is 42.2 Å². The number of aryl methyl sites for hydroxylation is 1. The average molecular weight is 312 g/mol. The van der Waals surface area contributed by atoms with Crippen LogP contribution in [0.1, 0.15) is 41.5 Å². The summed E-state index contributed by atoms with van der Waals surface area (Å²) in [5.41, 5.74) is 2.69. The quantitative estimate of drug-likeness (QED) is 0.915. The molecule has 1 fully saturated rings. The summed E-state index contributed by atoms with van der Waals surface area (Å²) in [5.74, 6) is 0.858. The molecule has 122 valence electrons. The summed E-state index contributed by atoms with van der Waals surface area (Å²) >= 11 is 0. The van der Waals surface area contributed by atoms with Crippen LogP contribution in [0, 0.1) is 13.8 Å². The number of pyridine rings is 1.